The van der Waals surface area contributed by atoms with Crippen LogP contribution in [0.25, 0.3) is 0 Å². The predicted molar refractivity (Wildman–Crippen MR) is 83.3 cm³/mol. The molecule has 0 radical (unpaired) electrons. The number of benzene rings is 1. The molecule has 1 aromatic carbocycles. The zero-order chi connectivity index (χ0) is 15.6. The van der Waals surface area contributed by atoms with Crippen LogP contribution in [0.5, 0.6) is 0 Å². The third-order valence-electron chi connectivity index (χ3n) is 4.86. The van der Waals surface area contributed by atoms with Crippen molar-refractivity contribution in [1.29, 1.82) is 0 Å². The fourth-order valence-corrected chi connectivity index (χ4v) is 3.69. The highest BCUT2D eigenvalue weighted by Gasteiger charge is 2.47. The molecule has 0 spiro atoms. The first kappa shape index (κ1) is 15.1. The number of hydrogen-bond donors (Lipinski definition) is 1. The van der Waals surface area contributed by atoms with Crippen LogP contribution in [0.15, 0.2) is 24.3 Å². The molecule has 0 unspecified atom stereocenters. The van der Waals surface area contributed by atoms with Gasteiger partial charge in [0, 0.05) is 18.8 Å². The molecule has 0 aliphatic heterocycles. The lowest BCUT2D eigenvalue weighted by Crippen LogP contribution is -2.57. The molecular weight excluding hydrogens is 278 g/mol. The van der Waals surface area contributed by atoms with Gasteiger partial charge in [0.25, 0.3) is 0 Å². The molecule has 0 heterocycles. The van der Waals surface area contributed by atoms with Gasteiger partial charge in [0.15, 0.2) is 0 Å². The van der Waals surface area contributed by atoms with Crippen LogP contribution in [0.2, 0.25) is 0 Å². The van der Waals surface area contributed by atoms with Crippen molar-refractivity contribution < 1.29 is 14.3 Å². The molecule has 0 aromatic heterocycles. The monoisotopic (exact) mass is 301 g/mol. The van der Waals surface area contributed by atoms with Crippen molar-refractivity contribution in [3.8, 4) is 0 Å². The van der Waals surface area contributed by atoms with E-state index in [2.05, 4.69) is 5.32 Å². The molecule has 0 atom stereocenters. The van der Waals surface area contributed by atoms with Crippen LogP contribution in [0.1, 0.15) is 43.7 Å². The van der Waals surface area contributed by atoms with Gasteiger partial charge in [-0.25, -0.2) is 4.79 Å². The highest BCUT2D eigenvalue weighted by Crippen LogP contribution is 2.33. The highest BCUT2D eigenvalue weighted by molar-refractivity contribution is 5.90. The number of rotatable bonds is 4. The number of esters is 1. The van der Waals surface area contributed by atoms with Gasteiger partial charge >= 0.3 is 5.97 Å². The number of fused-ring (bicyclic) bond motifs is 1. The van der Waals surface area contributed by atoms with Crippen molar-refractivity contribution in [3.63, 3.8) is 0 Å². The van der Waals surface area contributed by atoms with Crippen LogP contribution in [-0.4, -0.2) is 24.0 Å². The van der Waals surface area contributed by atoms with E-state index in [4.69, 9.17) is 4.74 Å². The number of nitrogens with one attached hydrogen (secondary N) is 1. The minimum Gasteiger partial charge on any atom is -0.464 e. The molecule has 2 aliphatic carbocycles. The van der Waals surface area contributed by atoms with Crippen LogP contribution < -0.4 is 5.32 Å². The van der Waals surface area contributed by atoms with Gasteiger partial charge in [0.2, 0.25) is 5.91 Å². The topological polar surface area (TPSA) is 55.4 Å². The van der Waals surface area contributed by atoms with Gasteiger partial charge in [-0.05, 0) is 30.9 Å². The lowest BCUT2D eigenvalue weighted by Gasteiger charge is -2.29. The molecule has 1 aromatic rings. The fraction of sp³-hybridized carbons (Fsp3) is 0.556. The average molecular weight is 301 g/mol. The number of amides is 1. The Morgan fingerprint density at radius 1 is 1.18 bits per heavy atom. The van der Waals surface area contributed by atoms with Crippen molar-refractivity contribution in [2.24, 2.45) is 5.92 Å². The maximum absolute atomic E-state index is 12.5. The standard InChI is InChI=1S/C18H23NO3/c1-2-22-17(21)18(19-16(20)13-7-3-4-8-13)11-14-9-5-6-10-15(14)12-18/h5-6,9-10,13H,2-4,7-8,11-12H2,1H3,(H,19,20). The van der Waals surface area contributed by atoms with Crippen molar-refractivity contribution in [1.82, 2.24) is 5.32 Å². The molecule has 4 nitrogen and oxygen atoms in total. The van der Waals surface area contributed by atoms with E-state index in [-0.39, 0.29) is 17.8 Å². The van der Waals surface area contributed by atoms with Crippen molar-refractivity contribution in [2.75, 3.05) is 6.61 Å². The molecule has 1 fully saturated rings. The first-order valence-corrected chi connectivity index (χ1v) is 8.20. The summed E-state index contributed by atoms with van der Waals surface area (Å²) in [5, 5.41) is 3.05. The second-order valence-corrected chi connectivity index (χ2v) is 6.40. The minimum absolute atomic E-state index is 0.0124. The summed E-state index contributed by atoms with van der Waals surface area (Å²) in [6.07, 6.45) is 5.12. The van der Waals surface area contributed by atoms with E-state index in [9.17, 15) is 9.59 Å². The van der Waals surface area contributed by atoms with Crippen LogP contribution in [0.4, 0.5) is 0 Å². The van der Waals surface area contributed by atoms with Gasteiger partial charge in [-0.3, -0.25) is 4.79 Å². The Bertz CT molecular complexity index is 550. The Kier molecular flexibility index (Phi) is 4.19. The summed E-state index contributed by atoms with van der Waals surface area (Å²) in [7, 11) is 0. The first-order chi connectivity index (χ1) is 10.6. The second kappa shape index (κ2) is 6.11. The van der Waals surface area contributed by atoms with Crippen LogP contribution in [0, 0.1) is 5.92 Å². The Morgan fingerprint density at radius 2 is 1.77 bits per heavy atom. The summed E-state index contributed by atoms with van der Waals surface area (Å²) in [6.45, 7) is 2.13. The summed E-state index contributed by atoms with van der Waals surface area (Å²) < 4.78 is 5.27. The molecule has 118 valence electrons. The molecule has 4 heteroatoms. The molecule has 22 heavy (non-hydrogen) atoms. The third-order valence-corrected chi connectivity index (χ3v) is 4.86. The van der Waals surface area contributed by atoms with Gasteiger partial charge < -0.3 is 10.1 Å². The van der Waals surface area contributed by atoms with Crippen LogP contribution in [0.3, 0.4) is 0 Å². The normalized spacial score (nSPS) is 19.7. The van der Waals surface area contributed by atoms with E-state index in [1.54, 1.807) is 6.92 Å². The van der Waals surface area contributed by atoms with E-state index in [1.807, 2.05) is 24.3 Å². The van der Waals surface area contributed by atoms with Crippen molar-refractivity contribution >= 4 is 11.9 Å². The molecule has 0 saturated heterocycles. The Balaban J connectivity index is 1.82. The smallest absolute Gasteiger partial charge is 0.332 e. The first-order valence-electron chi connectivity index (χ1n) is 8.20. The zero-order valence-corrected chi connectivity index (χ0v) is 13.1. The predicted octanol–water partition coefficient (Wildman–Crippen LogP) is 2.39. The van der Waals surface area contributed by atoms with Gasteiger partial charge in [0.05, 0.1) is 6.61 Å². The summed E-state index contributed by atoms with van der Waals surface area (Å²) >= 11 is 0. The molecule has 1 saturated carbocycles. The molecule has 0 bridgehead atoms. The van der Waals surface area contributed by atoms with Gasteiger partial charge in [-0.2, -0.15) is 0 Å². The number of ether oxygens (including phenoxy) is 1. The van der Waals surface area contributed by atoms with E-state index in [0.717, 1.165) is 36.8 Å². The summed E-state index contributed by atoms with van der Waals surface area (Å²) in [6, 6.07) is 7.99. The number of carbonyl (C=O) groups excluding carboxylic acids is 2. The SMILES string of the molecule is CCOC(=O)C1(NC(=O)C2CCCC2)Cc2ccccc2C1. The minimum atomic E-state index is -0.917. The molecule has 2 aliphatic rings. The van der Waals surface area contributed by atoms with E-state index < -0.39 is 5.54 Å². The van der Waals surface area contributed by atoms with Gasteiger partial charge in [0.1, 0.15) is 5.54 Å². The number of hydrogen-bond acceptors (Lipinski definition) is 3. The Hall–Kier alpha value is -1.84. The third kappa shape index (κ3) is 2.74. The molecular formula is C18H23NO3. The van der Waals surface area contributed by atoms with Crippen LogP contribution in [-0.2, 0) is 27.2 Å². The lowest BCUT2D eigenvalue weighted by atomic mass is 9.94. The largest absolute Gasteiger partial charge is 0.464 e. The summed E-state index contributed by atoms with van der Waals surface area (Å²) in [4.78, 5) is 25.1. The van der Waals surface area contributed by atoms with E-state index in [1.165, 1.54) is 0 Å². The maximum atomic E-state index is 12.5. The van der Waals surface area contributed by atoms with Crippen molar-refractivity contribution in [3.05, 3.63) is 35.4 Å². The highest BCUT2D eigenvalue weighted by atomic mass is 16.5. The zero-order valence-electron chi connectivity index (χ0n) is 13.1. The van der Waals surface area contributed by atoms with E-state index >= 15 is 0 Å². The fourth-order valence-electron chi connectivity index (χ4n) is 3.69. The average Bonchev–Trinajstić information content (AvgIpc) is 3.15. The lowest BCUT2D eigenvalue weighted by molar-refractivity contribution is -0.153. The van der Waals surface area contributed by atoms with Gasteiger partial charge in [-0.15, -0.1) is 0 Å². The maximum Gasteiger partial charge on any atom is 0.332 e. The second-order valence-electron chi connectivity index (χ2n) is 6.40. The Morgan fingerprint density at radius 3 is 2.32 bits per heavy atom. The molecule has 3 rings (SSSR count). The number of carbonyl (C=O) groups is 2. The van der Waals surface area contributed by atoms with E-state index in [0.29, 0.717) is 19.4 Å². The molecule has 1 amide bonds. The summed E-state index contributed by atoms with van der Waals surface area (Å²) in [5.41, 5.74) is 1.34. The summed E-state index contributed by atoms with van der Waals surface area (Å²) in [5.74, 6) is -0.245. The molecule has 1 N–H and O–H groups in total. The van der Waals surface area contributed by atoms with Gasteiger partial charge in [-0.1, -0.05) is 37.1 Å². The Labute approximate surface area is 131 Å². The van der Waals surface area contributed by atoms with Crippen LogP contribution >= 0.6 is 0 Å². The quantitative estimate of drug-likeness (QED) is 0.869. The van der Waals surface area contributed by atoms with Crippen molar-refractivity contribution in [2.45, 2.75) is 51.0 Å².